The van der Waals surface area contributed by atoms with Crippen LogP contribution in [0.2, 0.25) is 0 Å². The molecular formula is C16H14F3N3O2. The lowest BCUT2D eigenvalue weighted by atomic mass is 9.98. The van der Waals surface area contributed by atoms with Gasteiger partial charge in [-0.05, 0) is 24.1 Å². The lowest BCUT2D eigenvalue weighted by molar-refractivity contribution is -0.137. The predicted octanol–water partition coefficient (Wildman–Crippen LogP) is 2.02. The Balaban J connectivity index is 2.22. The highest BCUT2D eigenvalue weighted by molar-refractivity contribution is 5.88. The fourth-order valence-corrected chi connectivity index (χ4v) is 2.95. The topological polar surface area (TPSA) is 55.2 Å². The molecule has 0 aliphatic carbocycles. The van der Waals surface area contributed by atoms with Crippen LogP contribution >= 0.6 is 0 Å². The average Bonchev–Trinajstić information content (AvgIpc) is 2.57. The molecule has 1 amide bonds. The quantitative estimate of drug-likeness (QED) is 0.748. The third-order valence-corrected chi connectivity index (χ3v) is 4.24. The molecule has 5 nitrogen and oxygen atoms in total. The first-order chi connectivity index (χ1) is 11.2. The van der Waals surface area contributed by atoms with E-state index < -0.39 is 17.3 Å². The van der Waals surface area contributed by atoms with Gasteiger partial charge in [-0.15, -0.1) is 0 Å². The molecule has 126 valence electrons. The van der Waals surface area contributed by atoms with E-state index in [1.807, 2.05) is 0 Å². The van der Waals surface area contributed by atoms with Crippen molar-refractivity contribution in [3.8, 4) is 0 Å². The van der Waals surface area contributed by atoms with Crippen LogP contribution in [-0.2, 0) is 31.0 Å². The number of pyridine rings is 2. The van der Waals surface area contributed by atoms with Crippen LogP contribution in [0.5, 0.6) is 0 Å². The molecule has 0 fully saturated rings. The Hall–Kier alpha value is -2.64. The summed E-state index contributed by atoms with van der Waals surface area (Å²) in [6.45, 7) is 3.89. The predicted molar refractivity (Wildman–Crippen MR) is 81.3 cm³/mol. The first kappa shape index (κ1) is 16.2. The summed E-state index contributed by atoms with van der Waals surface area (Å²) in [5.41, 5.74) is 0.181. The molecule has 3 heterocycles. The Morgan fingerprint density at radius 1 is 1.38 bits per heavy atom. The van der Waals surface area contributed by atoms with Gasteiger partial charge in [0, 0.05) is 25.4 Å². The number of amides is 1. The molecule has 1 aliphatic rings. The Labute approximate surface area is 135 Å². The van der Waals surface area contributed by atoms with E-state index in [1.165, 1.54) is 18.0 Å². The third kappa shape index (κ3) is 2.47. The Morgan fingerprint density at radius 2 is 2.08 bits per heavy atom. The Kier molecular flexibility index (Phi) is 3.70. The number of aromatic nitrogens is 2. The summed E-state index contributed by atoms with van der Waals surface area (Å²) in [5.74, 6) is -0.289. The first-order valence-corrected chi connectivity index (χ1v) is 7.23. The minimum Gasteiger partial charge on any atom is -0.334 e. The SMILES string of the molecule is C=CC(=O)N1CCc2c(c(=O)n(C)c3cc(C(F)(F)F)cnc23)C1. The second-order valence-electron chi connectivity index (χ2n) is 5.62. The van der Waals surface area contributed by atoms with Crippen LogP contribution in [0.3, 0.4) is 0 Å². The number of nitrogens with zero attached hydrogens (tertiary/aromatic N) is 3. The van der Waals surface area contributed by atoms with E-state index in [9.17, 15) is 22.8 Å². The molecule has 0 unspecified atom stereocenters. The van der Waals surface area contributed by atoms with E-state index in [1.54, 1.807) is 0 Å². The van der Waals surface area contributed by atoms with Gasteiger partial charge in [0.25, 0.3) is 5.56 Å². The molecule has 24 heavy (non-hydrogen) atoms. The van der Waals surface area contributed by atoms with Gasteiger partial charge in [0.1, 0.15) is 0 Å². The molecular weight excluding hydrogens is 323 g/mol. The average molecular weight is 337 g/mol. The van der Waals surface area contributed by atoms with Crippen LogP contribution in [-0.4, -0.2) is 26.9 Å². The molecule has 0 saturated heterocycles. The molecule has 0 spiro atoms. The number of halogens is 3. The Bertz CT molecular complexity index is 915. The number of hydrogen-bond acceptors (Lipinski definition) is 3. The lowest BCUT2D eigenvalue weighted by Gasteiger charge is -2.28. The number of alkyl halides is 3. The van der Waals surface area contributed by atoms with Gasteiger partial charge in [0.2, 0.25) is 5.91 Å². The molecule has 0 saturated carbocycles. The monoisotopic (exact) mass is 337 g/mol. The number of rotatable bonds is 1. The second-order valence-corrected chi connectivity index (χ2v) is 5.62. The summed E-state index contributed by atoms with van der Waals surface area (Å²) in [7, 11) is 1.40. The van der Waals surface area contributed by atoms with Crippen molar-refractivity contribution in [2.45, 2.75) is 19.1 Å². The molecule has 0 atom stereocenters. The van der Waals surface area contributed by atoms with Crippen LogP contribution in [0.4, 0.5) is 13.2 Å². The van der Waals surface area contributed by atoms with Crippen molar-refractivity contribution >= 4 is 16.9 Å². The molecule has 2 aromatic rings. The number of carbonyl (C=O) groups is 1. The van der Waals surface area contributed by atoms with E-state index in [-0.39, 0.29) is 18.0 Å². The van der Waals surface area contributed by atoms with Crippen molar-refractivity contribution in [2.75, 3.05) is 6.54 Å². The zero-order chi connectivity index (χ0) is 17.6. The zero-order valence-electron chi connectivity index (χ0n) is 12.9. The van der Waals surface area contributed by atoms with E-state index in [0.29, 0.717) is 29.6 Å². The maximum absolute atomic E-state index is 12.9. The van der Waals surface area contributed by atoms with Crippen LogP contribution < -0.4 is 5.56 Å². The minimum absolute atomic E-state index is 0.103. The summed E-state index contributed by atoms with van der Waals surface area (Å²) in [6.07, 6.45) is -2.22. The van der Waals surface area contributed by atoms with E-state index in [2.05, 4.69) is 11.6 Å². The summed E-state index contributed by atoms with van der Waals surface area (Å²) in [4.78, 5) is 29.7. The van der Waals surface area contributed by atoms with Gasteiger partial charge in [-0.3, -0.25) is 14.6 Å². The number of fused-ring (bicyclic) bond motifs is 3. The number of hydrogen-bond donors (Lipinski definition) is 0. The van der Waals surface area contributed by atoms with Crippen molar-refractivity contribution in [1.29, 1.82) is 0 Å². The highest BCUT2D eigenvalue weighted by Gasteiger charge is 2.32. The van der Waals surface area contributed by atoms with Gasteiger partial charge in [-0.2, -0.15) is 13.2 Å². The fraction of sp³-hybridized carbons (Fsp3) is 0.312. The highest BCUT2D eigenvalue weighted by atomic mass is 19.4. The van der Waals surface area contributed by atoms with Crippen molar-refractivity contribution < 1.29 is 18.0 Å². The standard InChI is InChI=1S/C16H14F3N3O2/c1-3-13(23)22-5-4-10-11(8-22)15(24)21(2)12-6-9(16(17,18)19)7-20-14(10)12/h3,6-7H,1,4-5,8H2,2H3. The third-order valence-electron chi connectivity index (χ3n) is 4.24. The number of carbonyl (C=O) groups excluding carboxylic acids is 1. The Morgan fingerprint density at radius 3 is 2.71 bits per heavy atom. The van der Waals surface area contributed by atoms with Crippen LogP contribution in [0.1, 0.15) is 16.7 Å². The van der Waals surface area contributed by atoms with Gasteiger partial charge < -0.3 is 9.47 Å². The molecule has 0 radical (unpaired) electrons. The van der Waals surface area contributed by atoms with Crippen molar-refractivity contribution in [1.82, 2.24) is 14.5 Å². The maximum atomic E-state index is 12.9. The van der Waals surface area contributed by atoms with Crippen molar-refractivity contribution in [3.05, 3.63) is 52.0 Å². The molecule has 8 heteroatoms. The molecule has 1 aliphatic heterocycles. The van der Waals surface area contributed by atoms with E-state index in [4.69, 9.17) is 0 Å². The van der Waals surface area contributed by atoms with Gasteiger partial charge in [0.05, 0.1) is 23.1 Å². The summed E-state index contributed by atoms with van der Waals surface area (Å²) >= 11 is 0. The van der Waals surface area contributed by atoms with Crippen LogP contribution in [0.15, 0.2) is 29.7 Å². The summed E-state index contributed by atoms with van der Waals surface area (Å²) in [6, 6.07) is 0.936. The molecule has 2 aromatic heterocycles. The molecule has 0 bridgehead atoms. The smallest absolute Gasteiger partial charge is 0.334 e. The van der Waals surface area contributed by atoms with Crippen molar-refractivity contribution in [2.24, 2.45) is 7.05 Å². The van der Waals surface area contributed by atoms with Crippen LogP contribution in [0.25, 0.3) is 11.0 Å². The number of aryl methyl sites for hydroxylation is 1. The molecule has 3 rings (SSSR count). The maximum Gasteiger partial charge on any atom is 0.417 e. The van der Waals surface area contributed by atoms with E-state index in [0.717, 1.165) is 16.8 Å². The first-order valence-electron chi connectivity index (χ1n) is 7.23. The van der Waals surface area contributed by atoms with Gasteiger partial charge in [0.15, 0.2) is 0 Å². The van der Waals surface area contributed by atoms with E-state index >= 15 is 0 Å². The second kappa shape index (κ2) is 5.47. The highest BCUT2D eigenvalue weighted by Crippen LogP contribution is 2.31. The van der Waals surface area contributed by atoms with Gasteiger partial charge in [-0.25, -0.2) is 0 Å². The fourth-order valence-electron chi connectivity index (χ4n) is 2.95. The van der Waals surface area contributed by atoms with Crippen molar-refractivity contribution in [3.63, 3.8) is 0 Å². The summed E-state index contributed by atoms with van der Waals surface area (Å²) in [5, 5.41) is 0. The normalized spacial score (nSPS) is 14.6. The summed E-state index contributed by atoms with van der Waals surface area (Å²) < 4.78 is 39.8. The molecule has 0 aromatic carbocycles. The zero-order valence-corrected chi connectivity index (χ0v) is 12.9. The molecule has 0 N–H and O–H groups in total. The lowest BCUT2D eigenvalue weighted by Crippen LogP contribution is -2.39. The van der Waals surface area contributed by atoms with Crippen LogP contribution in [0, 0.1) is 0 Å². The van der Waals surface area contributed by atoms with Gasteiger partial charge in [-0.1, -0.05) is 6.58 Å². The largest absolute Gasteiger partial charge is 0.417 e. The van der Waals surface area contributed by atoms with Gasteiger partial charge >= 0.3 is 6.18 Å². The minimum atomic E-state index is -4.53.